The van der Waals surface area contributed by atoms with Crippen LogP contribution in [0.1, 0.15) is 22.7 Å². The minimum absolute atomic E-state index is 0.0820. The lowest BCUT2D eigenvalue weighted by Crippen LogP contribution is -2.41. The Balaban J connectivity index is 1.75. The van der Waals surface area contributed by atoms with Gasteiger partial charge in [0.25, 0.3) is 5.91 Å². The van der Waals surface area contributed by atoms with E-state index >= 15 is 0 Å². The van der Waals surface area contributed by atoms with Gasteiger partial charge in [-0.25, -0.2) is 4.39 Å². The topological polar surface area (TPSA) is 67.9 Å². The minimum atomic E-state index is -1.12. The van der Waals surface area contributed by atoms with Crippen molar-refractivity contribution in [2.75, 3.05) is 19.5 Å². The van der Waals surface area contributed by atoms with Crippen LogP contribution in [0.2, 0.25) is 0 Å². The second-order valence-corrected chi connectivity index (χ2v) is 8.68. The summed E-state index contributed by atoms with van der Waals surface area (Å²) in [5.41, 5.74) is 2.40. The first-order valence-electron chi connectivity index (χ1n) is 12.1. The molecule has 194 valence electrons. The highest BCUT2D eigenvalue weighted by Crippen LogP contribution is 2.32. The highest BCUT2D eigenvalue weighted by molar-refractivity contribution is 5.99. The molecule has 0 saturated heterocycles. The van der Waals surface area contributed by atoms with Gasteiger partial charge in [-0.3, -0.25) is 9.59 Å². The van der Waals surface area contributed by atoms with Crippen LogP contribution in [0, 0.1) is 5.82 Å². The summed E-state index contributed by atoms with van der Waals surface area (Å²) in [5, 5.41) is 2.88. The number of anilines is 1. The molecule has 0 saturated carbocycles. The Morgan fingerprint density at radius 1 is 0.816 bits per heavy atom. The second-order valence-electron chi connectivity index (χ2n) is 8.68. The first-order valence-corrected chi connectivity index (χ1v) is 12.1. The Bertz CT molecular complexity index is 1380. The molecule has 7 heteroatoms. The van der Waals surface area contributed by atoms with E-state index in [9.17, 15) is 14.0 Å². The summed E-state index contributed by atoms with van der Waals surface area (Å²) >= 11 is 0. The number of methoxy groups -OCH3 is 2. The normalized spacial score (nSPS) is 11.3. The fourth-order valence-corrected chi connectivity index (χ4v) is 4.23. The number of rotatable bonds is 10. The SMILES string of the molecule is COc1ccc(NC(=O)C(c2cccc(F)c2)N(Cc2ccccc2)C(=O)Cc2ccccc2)c(OC)c1. The van der Waals surface area contributed by atoms with Gasteiger partial charge in [0.2, 0.25) is 5.91 Å². The molecule has 6 nitrogen and oxygen atoms in total. The van der Waals surface area contributed by atoms with Crippen LogP contribution in [0.4, 0.5) is 10.1 Å². The maximum absolute atomic E-state index is 14.4. The number of nitrogens with zero attached hydrogens (tertiary/aromatic N) is 1. The van der Waals surface area contributed by atoms with E-state index in [2.05, 4.69) is 5.32 Å². The number of amides is 2. The number of nitrogens with one attached hydrogen (secondary N) is 1. The van der Waals surface area contributed by atoms with Gasteiger partial charge in [0.15, 0.2) is 0 Å². The van der Waals surface area contributed by atoms with Gasteiger partial charge in [-0.05, 0) is 41.0 Å². The monoisotopic (exact) mass is 512 g/mol. The summed E-state index contributed by atoms with van der Waals surface area (Å²) in [6.07, 6.45) is 0.0820. The average molecular weight is 513 g/mol. The smallest absolute Gasteiger partial charge is 0.251 e. The van der Waals surface area contributed by atoms with Gasteiger partial charge in [0.05, 0.1) is 26.3 Å². The molecule has 0 aromatic heterocycles. The Labute approximate surface area is 221 Å². The lowest BCUT2D eigenvalue weighted by atomic mass is 10.0. The van der Waals surface area contributed by atoms with E-state index in [1.807, 2.05) is 60.7 Å². The van der Waals surface area contributed by atoms with E-state index in [0.29, 0.717) is 22.7 Å². The molecule has 1 N–H and O–H groups in total. The van der Waals surface area contributed by atoms with Gasteiger partial charge in [-0.2, -0.15) is 0 Å². The van der Waals surface area contributed by atoms with E-state index < -0.39 is 17.8 Å². The molecule has 38 heavy (non-hydrogen) atoms. The Morgan fingerprint density at radius 3 is 2.13 bits per heavy atom. The zero-order chi connectivity index (χ0) is 26.9. The number of carbonyl (C=O) groups excluding carboxylic acids is 2. The molecule has 1 atom stereocenters. The van der Waals surface area contributed by atoms with E-state index in [1.54, 1.807) is 24.3 Å². The molecule has 0 aliphatic rings. The number of hydrogen-bond acceptors (Lipinski definition) is 4. The van der Waals surface area contributed by atoms with Crippen molar-refractivity contribution in [1.29, 1.82) is 0 Å². The zero-order valence-electron chi connectivity index (χ0n) is 21.3. The molecule has 0 bridgehead atoms. The molecule has 0 heterocycles. The highest BCUT2D eigenvalue weighted by atomic mass is 19.1. The summed E-state index contributed by atoms with van der Waals surface area (Å²) in [6, 6.07) is 28.3. The predicted molar refractivity (Wildman–Crippen MR) is 144 cm³/mol. The number of hydrogen-bond donors (Lipinski definition) is 1. The molecule has 0 spiro atoms. The van der Waals surface area contributed by atoms with Crippen LogP contribution < -0.4 is 14.8 Å². The zero-order valence-corrected chi connectivity index (χ0v) is 21.3. The van der Waals surface area contributed by atoms with Crippen molar-refractivity contribution in [2.45, 2.75) is 19.0 Å². The predicted octanol–water partition coefficient (Wildman–Crippen LogP) is 5.79. The van der Waals surface area contributed by atoms with Crippen LogP contribution in [-0.2, 0) is 22.6 Å². The van der Waals surface area contributed by atoms with E-state index in [0.717, 1.165) is 11.1 Å². The molecular weight excluding hydrogens is 483 g/mol. The molecule has 4 aromatic carbocycles. The van der Waals surface area contributed by atoms with Gasteiger partial charge < -0.3 is 19.7 Å². The van der Waals surface area contributed by atoms with Crippen molar-refractivity contribution >= 4 is 17.5 Å². The summed E-state index contributed by atoms with van der Waals surface area (Å²) in [4.78, 5) is 29.2. The van der Waals surface area contributed by atoms with Gasteiger partial charge in [0.1, 0.15) is 23.4 Å². The Morgan fingerprint density at radius 2 is 1.50 bits per heavy atom. The summed E-state index contributed by atoms with van der Waals surface area (Å²) < 4.78 is 25.1. The van der Waals surface area contributed by atoms with Crippen LogP contribution in [0.5, 0.6) is 11.5 Å². The fraction of sp³-hybridized carbons (Fsp3) is 0.161. The molecule has 0 fully saturated rings. The summed E-state index contributed by atoms with van der Waals surface area (Å²) in [5.74, 6) is -0.328. The molecule has 2 amide bonds. The first-order chi connectivity index (χ1) is 18.5. The molecule has 4 rings (SSSR count). The Kier molecular flexibility index (Phi) is 8.72. The van der Waals surface area contributed by atoms with Crippen molar-refractivity contribution in [3.63, 3.8) is 0 Å². The van der Waals surface area contributed by atoms with Gasteiger partial charge >= 0.3 is 0 Å². The van der Waals surface area contributed by atoms with Crippen molar-refractivity contribution < 1.29 is 23.5 Å². The maximum atomic E-state index is 14.4. The van der Waals surface area contributed by atoms with Crippen molar-refractivity contribution in [1.82, 2.24) is 4.90 Å². The maximum Gasteiger partial charge on any atom is 0.251 e. The van der Waals surface area contributed by atoms with Crippen LogP contribution >= 0.6 is 0 Å². The van der Waals surface area contributed by atoms with Crippen LogP contribution in [0.3, 0.4) is 0 Å². The van der Waals surface area contributed by atoms with E-state index in [1.165, 1.54) is 37.3 Å². The number of ether oxygens (including phenoxy) is 2. The molecule has 0 aliphatic carbocycles. The fourth-order valence-electron chi connectivity index (χ4n) is 4.23. The van der Waals surface area contributed by atoms with Gasteiger partial charge in [-0.1, -0.05) is 72.8 Å². The lowest BCUT2D eigenvalue weighted by Gasteiger charge is -2.32. The van der Waals surface area contributed by atoms with E-state index in [4.69, 9.17) is 9.47 Å². The van der Waals surface area contributed by atoms with Gasteiger partial charge in [-0.15, -0.1) is 0 Å². The van der Waals surface area contributed by atoms with Crippen LogP contribution in [0.15, 0.2) is 103 Å². The minimum Gasteiger partial charge on any atom is -0.497 e. The summed E-state index contributed by atoms with van der Waals surface area (Å²) in [6.45, 7) is 0.154. The third kappa shape index (κ3) is 6.56. The average Bonchev–Trinajstić information content (AvgIpc) is 2.94. The lowest BCUT2D eigenvalue weighted by molar-refractivity contribution is -0.139. The molecule has 0 aliphatic heterocycles. The number of halogens is 1. The largest absolute Gasteiger partial charge is 0.497 e. The van der Waals surface area contributed by atoms with Gasteiger partial charge in [0, 0.05) is 12.6 Å². The van der Waals surface area contributed by atoms with Crippen LogP contribution in [0.25, 0.3) is 0 Å². The number of benzene rings is 4. The van der Waals surface area contributed by atoms with Crippen molar-refractivity contribution in [2.24, 2.45) is 0 Å². The van der Waals surface area contributed by atoms with E-state index in [-0.39, 0.29) is 18.9 Å². The number of carbonyl (C=O) groups is 2. The van der Waals surface area contributed by atoms with Crippen molar-refractivity contribution in [3.8, 4) is 11.5 Å². The molecule has 1 unspecified atom stereocenters. The summed E-state index contributed by atoms with van der Waals surface area (Å²) in [7, 11) is 3.02. The van der Waals surface area contributed by atoms with Crippen molar-refractivity contribution in [3.05, 3.63) is 126 Å². The quantitative estimate of drug-likeness (QED) is 0.292. The highest BCUT2D eigenvalue weighted by Gasteiger charge is 2.32. The standard InChI is InChI=1S/C31H29FN2O4/c1-37-26-16-17-27(28(20-26)38-2)33-31(36)30(24-14-9-15-25(32)19-24)34(21-23-12-7-4-8-13-23)29(35)18-22-10-5-3-6-11-22/h3-17,19-20,30H,18,21H2,1-2H3,(H,33,36). The first kappa shape index (κ1) is 26.4. The Hall–Kier alpha value is -4.65. The third-order valence-corrected chi connectivity index (χ3v) is 6.11. The second kappa shape index (κ2) is 12.5. The molecule has 0 radical (unpaired) electrons. The third-order valence-electron chi connectivity index (χ3n) is 6.11. The van der Waals surface area contributed by atoms with Crippen LogP contribution in [-0.4, -0.2) is 30.9 Å². The molecular formula is C31H29FN2O4. The molecule has 4 aromatic rings.